The van der Waals surface area contributed by atoms with Crippen molar-refractivity contribution in [3.8, 4) is 6.07 Å². The van der Waals surface area contributed by atoms with Crippen molar-refractivity contribution >= 4 is 5.97 Å². The lowest BCUT2D eigenvalue weighted by Gasteiger charge is -2.01. The molecule has 0 saturated carbocycles. The standard InChI is InChI=1S/C9H10N2O2/c1-7-8(9(12)13-2)3-5-11(7)6-4-10/h3,5H,6H2,1-2H3. The van der Waals surface area contributed by atoms with Crippen molar-refractivity contribution < 1.29 is 9.53 Å². The Kier molecular flexibility index (Phi) is 2.70. The van der Waals surface area contributed by atoms with Gasteiger partial charge in [0.05, 0.1) is 18.7 Å². The lowest BCUT2D eigenvalue weighted by Crippen LogP contribution is -2.04. The predicted molar refractivity (Wildman–Crippen MR) is 46.1 cm³/mol. The van der Waals surface area contributed by atoms with Gasteiger partial charge in [0.1, 0.15) is 6.54 Å². The second-order valence-corrected chi connectivity index (χ2v) is 2.59. The van der Waals surface area contributed by atoms with Crippen molar-refractivity contribution in [3.05, 3.63) is 23.5 Å². The van der Waals surface area contributed by atoms with E-state index in [1.807, 2.05) is 6.07 Å². The van der Waals surface area contributed by atoms with Gasteiger partial charge in [-0.1, -0.05) is 0 Å². The number of esters is 1. The number of methoxy groups -OCH3 is 1. The van der Waals surface area contributed by atoms with Crippen molar-refractivity contribution in [1.82, 2.24) is 4.57 Å². The van der Waals surface area contributed by atoms with Gasteiger partial charge in [-0.15, -0.1) is 0 Å². The molecular formula is C9H10N2O2. The number of hydrogen-bond acceptors (Lipinski definition) is 3. The Bertz CT molecular complexity index is 360. The van der Waals surface area contributed by atoms with E-state index in [2.05, 4.69) is 4.74 Å². The van der Waals surface area contributed by atoms with Crippen molar-refractivity contribution in [2.24, 2.45) is 0 Å². The first-order valence-corrected chi connectivity index (χ1v) is 3.81. The molecule has 1 aromatic rings. The first-order chi connectivity index (χ1) is 6.20. The number of rotatable bonds is 2. The fourth-order valence-electron chi connectivity index (χ4n) is 1.12. The average Bonchev–Trinajstić information content (AvgIpc) is 2.48. The minimum Gasteiger partial charge on any atom is -0.465 e. The van der Waals surface area contributed by atoms with Crippen LogP contribution in [0.4, 0.5) is 0 Å². The molecule has 0 aliphatic heterocycles. The highest BCUT2D eigenvalue weighted by Crippen LogP contribution is 2.10. The molecule has 0 bridgehead atoms. The van der Waals surface area contributed by atoms with Gasteiger partial charge >= 0.3 is 5.97 Å². The molecule has 0 spiro atoms. The van der Waals surface area contributed by atoms with E-state index in [0.29, 0.717) is 5.56 Å². The lowest BCUT2D eigenvalue weighted by atomic mass is 10.2. The summed E-state index contributed by atoms with van der Waals surface area (Å²) in [5, 5.41) is 8.46. The van der Waals surface area contributed by atoms with Gasteiger partial charge in [-0.05, 0) is 13.0 Å². The van der Waals surface area contributed by atoms with E-state index in [9.17, 15) is 4.79 Å². The van der Waals surface area contributed by atoms with Crippen LogP contribution in [0, 0.1) is 18.3 Å². The van der Waals surface area contributed by atoms with Crippen molar-refractivity contribution in [1.29, 1.82) is 5.26 Å². The zero-order valence-electron chi connectivity index (χ0n) is 7.57. The van der Waals surface area contributed by atoms with Gasteiger partial charge in [-0.2, -0.15) is 5.26 Å². The smallest absolute Gasteiger partial charge is 0.339 e. The molecule has 4 nitrogen and oxygen atoms in total. The Hall–Kier alpha value is -1.76. The molecule has 0 N–H and O–H groups in total. The summed E-state index contributed by atoms with van der Waals surface area (Å²) in [5.41, 5.74) is 1.27. The number of ether oxygens (including phenoxy) is 1. The first-order valence-electron chi connectivity index (χ1n) is 3.81. The molecule has 0 atom stereocenters. The SMILES string of the molecule is COC(=O)c1ccn(CC#N)c1C. The number of hydrogen-bond donors (Lipinski definition) is 0. The van der Waals surface area contributed by atoms with Gasteiger partial charge in [-0.25, -0.2) is 4.79 Å². The number of nitrogens with zero attached hydrogens (tertiary/aromatic N) is 2. The van der Waals surface area contributed by atoms with Gasteiger partial charge in [0, 0.05) is 11.9 Å². The number of nitriles is 1. The van der Waals surface area contributed by atoms with E-state index in [-0.39, 0.29) is 12.5 Å². The van der Waals surface area contributed by atoms with Gasteiger partial charge in [0.2, 0.25) is 0 Å². The maximum atomic E-state index is 11.1. The molecule has 0 fully saturated rings. The van der Waals surface area contributed by atoms with Crippen LogP contribution in [0.15, 0.2) is 12.3 Å². The Morgan fingerprint density at radius 1 is 1.77 bits per heavy atom. The summed E-state index contributed by atoms with van der Waals surface area (Å²) in [5.74, 6) is -0.366. The van der Waals surface area contributed by atoms with Crippen LogP contribution in [0.5, 0.6) is 0 Å². The predicted octanol–water partition coefficient (Wildman–Crippen LogP) is 1.11. The quantitative estimate of drug-likeness (QED) is 0.637. The molecule has 13 heavy (non-hydrogen) atoms. The van der Waals surface area contributed by atoms with Gasteiger partial charge in [-0.3, -0.25) is 0 Å². The molecule has 0 saturated heterocycles. The molecule has 0 amide bonds. The minimum atomic E-state index is -0.366. The van der Waals surface area contributed by atoms with Crippen LogP contribution in [0.1, 0.15) is 16.1 Å². The summed E-state index contributed by atoms with van der Waals surface area (Å²) in [6, 6.07) is 3.66. The zero-order valence-corrected chi connectivity index (χ0v) is 7.57. The molecule has 1 rings (SSSR count). The molecule has 1 heterocycles. The highest BCUT2D eigenvalue weighted by Gasteiger charge is 2.11. The third kappa shape index (κ3) is 1.70. The molecule has 0 aliphatic rings. The maximum absolute atomic E-state index is 11.1. The molecule has 0 radical (unpaired) electrons. The van der Waals surface area contributed by atoms with E-state index in [4.69, 9.17) is 5.26 Å². The van der Waals surface area contributed by atoms with Crippen LogP contribution in [0.25, 0.3) is 0 Å². The minimum absolute atomic E-state index is 0.253. The zero-order chi connectivity index (χ0) is 9.84. The van der Waals surface area contributed by atoms with E-state index >= 15 is 0 Å². The third-order valence-electron chi connectivity index (χ3n) is 1.89. The monoisotopic (exact) mass is 178 g/mol. The number of carbonyl (C=O) groups excluding carboxylic acids is 1. The second kappa shape index (κ2) is 3.76. The summed E-state index contributed by atoms with van der Waals surface area (Å²) < 4.78 is 6.27. The molecule has 68 valence electrons. The Balaban J connectivity index is 3.00. The fraction of sp³-hybridized carbons (Fsp3) is 0.333. The summed E-state index contributed by atoms with van der Waals surface area (Å²) >= 11 is 0. The van der Waals surface area contributed by atoms with Crippen LogP contribution >= 0.6 is 0 Å². The summed E-state index contributed by atoms with van der Waals surface area (Å²) in [6.45, 7) is 2.03. The normalized spacial score (nSPS) is 9.31. The Morgan fingerprint density at radius 2 is 2.46 bits per heavy atom. The Morgan fingerprint density at radius 3 is 3.00 bits per heavy atom. The summed E-state index contributed by atoms with van der Waals surface area (Å²) in [4.78, 5) is 11.1. The third-order valence-corrected chi connectivity index (χ3v) is 1.89. The highest BCUT2D eigenvalue weighted by molar-refractivity contribution is 5.90. The van der Waals surface area contributed by atoms with Crippen molar-refractivity contribution in [2.75, 3.05) is 7.11 Å². The van der Waals surface area contributed by atoms with Gasteiger partial charge < -0.3 is 9.30 Å². The van der Waals surface area contributed by atoms with E-state index in [0.717, 1.165) is 5.69 Å². The topological polar surface area (TPSA) is 55.0 Å². The number of aromatic nitrogens is 1. The molecule has 0 aliphatic carbocycles. The summed E-state index contributed by atoms with van der Waals surface area (Å²) in [7, 11) is 1.34. The molecule has 0 aromatic carbocycles. The molecule has 4 heteroatoms. The van der Waals surface area contributed by atoms with Crippen LogP contribution in [0.2, 0.25) is 0 Å². The van der Waals surface area contributed by atoms with Crippen LogP contribution in [-0.2, 0) is 11.3 Å². The average molecular weight is 178 g/mol. The number of carbonyl (C=O) groups is 1. The molecular weight excluding hydrogens is 168 g/mol. The largest absolute Gasteiger partial charge is 0.465 e. The Labute approximate surface area is 76.3 Å². The van der Waals surface area contributed by atoms with E-state index in [1.165, 1.54) is 7.11 Å². The molecule has 0 unspecified atom stereocenters. The first kappa shape index (κ1) is 9.33. The van der Waals surface area contributed by atoms with E-state index in [1.54, 1.807) is 23.8 Å². The van der Waals surface area contributed by atoms with Crippen molar-refractivity contribution in [2.45, 2.75) is 13.5 Å². The van der Waals surface area contributed by atoms with Crippen LogP contribution in [0.3, 0.4) is 0 Å². The van der Waals surface area contributed by atoms with Crippen LogP contribution in [-0.4, -0.2) is 17.6 Å². The van der Waals surface area contributed by atoms with Crippen molar-refractivity contribution in [3.63, 3.8) is 0 Å². The lowest BCUT2D eigenvalue weighted by molar-refractivity contribution is 0.0600. The second-order valence-electron chi connectivity index (χ2n) is 2.59. The van der Waals surface area contributed by atoms with Gasteiger partial charge in [0.15, 0.2) is 0 Å². The fourth-order valence-corrected chi connectivity index (χ4v) is 1.12. The maximum Gasteiger partial charge on any atom is 0.339 e. The summed E-state index contributed by atoms with van der Waals surface area (Å²) in [6.07, 6.45) is 1.70. The van der Waals surface area contributed by atoms with Gasteiger partial charge in [0.25, 0.3) is 0 Å². The highest BCUT2D eigenvalue weighted by atomic mass is 16.5. The van der Waals surface area contributed by atoms with E-state index < -0.39 is 0 Å². The molecule has 1 aromatic heterocycles. The van der Waals surface area contributed by atoms with Crippen LogP contribution < -0.4 is 0 Å².